The Hall–Kier alpha value is -5.54. The van der Waals surface area contributed by atoms with Gasteiger partial charge in [0.2, 0.25) is 0 Å². The third-order valence-electron chi connectivity index (χ3n) is 8.47. The predicted molar refractivity (Wildman–Crippen MR) is 173 cm³/mol. The van der Waals surface area contributed by atoms with E-state index in [4.69, 9.17) is 14.7 Å². The Labute approximate surface area is 242 Å². The van der Waals surface area contributed by atoms with E-state index in [0.29, 0.717) is 6.61 Å². The van der Waals surface area contributed by atoms with Crippen LogP contribution >= 0.6 is 0 Å². The minimum atomic E-state index is 0.522. The van der Waals surface area contributed by atoms with Gasteiger partial charge in [0, 0.05) is 21.9 Å². The highest BCUT2D eigenvalue weighted by molar-refractivity contribution is 6.28. The topological polar surface area (TPSA) is 35.0 Å². The summed E-state index contributed by atoms with van der Waals surface area (Å²) in [6, 6.07) is 46.9. The van der Waals surface area contributed by atoms with Gasteiger partial charge >= 0.3 is 0 Å². The molecule has 1 aliphatic heterocycles. The van der Waals surface area contributed by atoms with Crippen molar-refractivity contribution < 1.29 is 4.74 Å². The molecule has 8 aromatic rings. The molecule has 7 aromatic carbocycles. The van der Waals surface area contributed by atoms with E-state index in [2.05, 4.69) is 103 Å². The van der Waals surface area contributed by atoms with E-state index in [1.165, 1.54) is 43.4 Å². The zero-order chi connectivity index (χ0) is 27.6. The molecule has 0 N–H and O–H groups in total. The molecule has 42 heavy (non-hydrogen) atoms. The summed E-state index contributed by atoms with van der Waals surface area (Å²) in [5, 5.41) is 7.39. The molecule has 3 nitrogen and oxygen atoms in total. The van der Waals surface area contributed by atoms with Gasteiger partial charge in [-0.1, -0.05) is 97.1 Å². The lowest BCUT2D eigenvalue weighted by atomic mass is 9.88. The van der Waals surface area contributed by atoms with Crippen molar-refractivity contribution in [1.82, 2.24) is 9.97 Å². The lowest BCUT2D eigenvalue weighted by Gasteiger charge is -2.23. The van der Waals surface area contributed by atoms with Gasteiger partial charge < -0.3 is 4.74 Å². The molecule has 2 heterocycles. The maximum Gasteiger partial charge on any atom is 0.128 e. The number of para-hydroxylation sites is 2. The Morgan fingerprint density at radius 2 is 1.05 bits per heavy atom. The first-order valence-corrected chi connectivity index (χ1v) is 14.3. The van der Waals surface area contributed by atoms with E-state index in [1.807, 2.05) is 30.3 Å². The lowest BCUT2D eigenvalue weighted by molar-refractivity contribution is 0.308. The first-order valence-electron chi connectivity index (χ1n) is 14.3. The van der Waals surface area contributed by atoms with E-state index < -0.39 is 0 Å². The average Bonchev–Trinajstić information content (AvgIpc) is 3.07. The van der Waals surface area contributed by atoms with Gasteiger partial charge in [0.15, 0.2) is 0 Å². The number of fused-ring (bicyclic) bond motifs is 4. The van der Waals surface area contributed by atoms with Crippen LogP contribution in [0, 0.1) is 0 Å². The van der Waals surface area contributed by atoms with Crippen molar-refractivity contribution in [2.24, 2.45) is 0 Å². The maximum atomic E-state index is 6.34. The van der Waals surface area contributed by atoms with Crippen LogP contribution < -0.4 is 4.74 Å². The van der Waals surface area contributed by atoms with Gasteiger partial charge in [-0.2, -0.15) is 0 Å². The van der Waals surface area contributed by atoms with Crippen LogP contribution in [0.5, 0.6) is 5.75 Å². The second-order valence-electron chi connectivity index (χ2n) is 10.9. The van der Waals surface area contributed by atoms with E-state index in [9.17, 15) is 0 Å². The Bertz CT molecular complexity index is 2360. The maximum absolute atomic E-state index is 6.34. The minimum Gasteiger partial charge on any atom is -0.488 e. The predicted octanol–water partition coefficient (Wildman–Crippen LogP) is 9.98. The molecule has 0 spiro atoms. The van der Waals surface area contributed by atoms with Crippen molar-refractivity contribution >= 4 is 43.4 Å². The van der Waals surface area contributed by atoms with Crippen LogP contribution in [0.4, 0.5) is 0 Å². The van der Waals surface area contributed by atoms with E-state index in [-0.39, 0.29) is 0 Å². The molecule has 9 rings (SSSR count). The van der Waals surface area contributed by atoms with Crippen molar-refractivity contribution in [2.45, 2.75) is 6.61 Å². The summed E-state index contributed by atoms with van der Waals surface area (Å²) in [6.07, 6.45) is 0. The van der Waals surface area contributed by atoms with Crippen LogP contribution in [0.1, 0.15) is 5.56 Å². The molecule has 0 aliphatic carbocycles. The molecule has 196 valence electrons. The van der Waals surface area contributed by atoms with Gasteiger partial charge in [-0.15, -0.1) is 0 Å². The van der Waals surface area contributed by atoms with Crippen LogP contribution in [-0.4, -0.2) is 9.97 Å². The molecule has 3 heteroatoms. The zero-order valence-electron chi connectivity index (χ0n) is 22.7. The van der Waals surface area contributed by atoms with Crippen molar-refractivity contribution in [2.75, 3.05) is 0 Å². The fourth-order valence-corrected chi connectivity index (χ4v) is 6.58. The van der Waals surface area contributed by atoms with Crippen LogP contribution in [0.3, 0.4) is 0 Å². The zero-order valence-corrected chi connectivity index (χ0v) is 22.7. The molecule has 0 atom stereocenters. The Morgan fingerprint density at radius 3 is 1.86 bits per heavy atom. The van der Waals surface area contributed by atoms with Crippen LogP contribution in [-0.2, 0) is 6.61 Å². The van der Waals surface area contributed by atoms with Crippen molar-refractivity contribution in [1.29, 1.82) is 0 Å². The van der Waals surface area contributed by atoms with Crippen LogP contribution in [0.25, 0.3) is 77.0 Å². The first-order chi connectivity index (χ1) is 20.8. The van der Waals surface area contributed by atoms with Crippen molar-refractivity contribution in [3.63, 3.8) is 0 Å². The van der Waals surface area contributed by atoms with Gasteiger partial charge in [0.1, 0.15) is 12.4 Å². The molecule has 0 unspecified atom stereocenters. The van der Waals surface area contributed by atoms with Crippen molar-refractivity contribution in [3.8, 4) is 39.4 Å². The van der Waals surface area contributed by atoms with Gasteiger partial charge in [-0.3, -0.25) is 0 Å². The number of benzene rings is 7. The van der Waals surface area contributed by atoms with Gasteiger partial charge in [0.05, 0.1) is 22.4 Å². The van der Waals surface area contributed by atoms with Crippen LogP contribution in [0.2, 0.25) is 0 Å². The standard InChI is InChI=1S/C39H24N2O/c1-2-10-24(11-3-1)25-12-8-13-26(20-25)38-39(41-34-18-7-6-17-33(34)40-38)27-21-28-23-42-35-19-9-16-31-29-14-4-5-15-30(29)32(22-27)36(28)37(31)35/h1-22H,23H2. The van der Waals surface area contributed by atoms with Crippen LogP contribution in [0.15, 0.2) is 133 Å². The average molecular weight is 537 g/mol. The molecule has 0 fully saturated rings. The number of hydrogen-bond acceptors (Lipinski definition) is 3. The summed E-state index contributed by atoms with van der Waals surface area (Å²) < 4.78 is 6.34. The van der Waals surface area contributed by atoms with Gasteiger partial charge in [-0.25, -0.2) is 9.97 Å². The Kier molecular flexibility index (Phi) is 4.96. The summed E-state index contributed by atoms with van der Waals surface area (Å²) in [4.78, 5) is 10.5. The third-order valence-corrected chi connectivity index (χ3v) is 8.47. The molecule has 1 aromatic heterocycles. The quantitative estimate of drug-likeness (QED) is 0.211. The fraction of sp³-hybridized carbons (Fsp3) is 0.0256. The largest absolute Gasteiger partial charge is 0.488 e. The molecule has 0 radical (unpaired) electrons. The number of aromatic nitrogens is 2. The number of ether oxygens (including phenoxy) is 1. The van der Waals surface area contributed by atoms with Crippen molar-refractivity contribution in [3.05, 3.63) is 139 Å². The molecule has 0 saturated heterocycles. The summed E-state index contributed by atoms with van der Waals surface area (Å²) >= 11 is 0. The number of rotatable bonds is 3. The summed E-state index contributed by atoms with van der Waals surface area (Å²) in [5.74, 6) is 0.951. The second kappa shape index (κ2) is 8.98. The molecule has 0 saturated carbocycles. The summed E-state index contributed by atoms with van der Waals surface area (Å²) in [5.41, 5.74) is 9.11. The van der Waals surface area contributed by atoms with E-state index in [1.54, 1.807) is 0 Å². The van der Waals surface area contributed by atoms with E-state index in [0.717, 1.165) is 44.9 Å². The summed E-state index contributed by atoms with van der Waals surface area (Å²) in [6.45, 7) is 0.522. The number of nitrogens with zero attached hydrogens (tertiary/aromatic N) is 2. The lowest BCUT2D eigenvalue weighted by Crippen LogP contribution is -2.05. The minimum absolute atomic E-state index is 0.522. The highest BCUT2D eigenvalue weighted by Gasteiger charge is 2.22. The second-order valence-corrected chi connectivity index (χ2v) is 10.9. The molecule has 0 amide bonds. The monoisotopic (exact) mass is 536 g/mol. The van der Waals surface area contributed by atoms with Gasteiger partial charge in [0.25, 0.3) is 0 Å². The first kappa shape index (κ1) is 23.2. The molecule has 1 aliphatic rings. The fourth-order valence-electron chi connectivity index (χ4n) is 6.58. The van der Waals surface area contributed by atoms with Gasteiger partial charge in [-0.05, 0) is 74.6 Å². The SMILES string of the molecule is c1ccc(-c2cccc(-c3nc4ccccc4nc3-c3cc4c5c(c3)c3ccccc3c3cccc(c35)OC4)c2)cc1. The molecular weight excluding hydrogens is 512 g/mol. The highest BCUT2D eigenvalue weighted by Crippen LogP contribution is 2.46. The molecular formula is C39H24N2O. The third kappa shape index (κ3) is 3.47. The number of hydrogen-bond donors (Lipinski definition) is 0. The highest BCUT2D eigenvalue weighted by atomic mass is 16.5. The Balaban J connectivity index is 1.36. The summed E-state index contributed by atoms with van der Waals surface area (Å²) in [7, 11) is 0. The van der Waals surface area contributed by atoms with E-state index >= 15 is 0 Å². The Morgan fingerprint density at radius 1 is 0.429 bits per heavy atom. The smallest absolute Gasteiger partial charge is 0.128 e. The normalized spacial score (nSPS) is 12.4. The molecule has 0 bridgehead atoms.